The van der Waals surface area contributed by atoms with E-state index in [0.717, 1.165) is 0 Å². The highest BCUT2D eigenvalue weighted by Crippen LogP contribution is 2.37. The van der Waals surface area contributed by atoms with Crippen LogP contribution in [-0.2, 0) is 14.4 Å². The lowest BCUT2D eigenvalue weighted by Crippen LogP contribution is -2.41. The van der Waals surface area contributed by atoms with E-state index in [1.165, 1.54) is 41.5 Å². The normalized spacial score (nSPS) is 13.9. The number of hydrogen-bond donors (Lipinski definition) is 5. The van der Waals surface area contributed by atoms with Crippen LogP contribution in [0.2, 0.25) is 0 Å². The van der Waals surface area contributed by atoms with Gasteiger partial charge < -0.3 is 44.9 Å². The number of aromatic nitrogens is 5. The summed E-state index contributed by atoms with van der Waals surface area (Å²) in [6, 6.07) is 10.7. The van der Waals surface area contributed by atoms with Crippen LogP contribution in [0.1, 0.15) is 18.5 Å². The van der Waals surface area contributed by atoms with Gasteiger partial charge in [0, 0.05) is 61.8 Å². The van der Waals surface area contributed by atoms with Crippen LogP contribution in [0, 0.1) is 18.6 Å². The molecule has 1 aliphatic heterocycles. The summed E-state index contributed by atoms with van der Waals surface area (Å²) in [5.74, 6) is -2.92. The van der Waals surface area contributed by atoms with E-state index in [-0.39, 0.29) is 35.0 Å². The molecule has 55 heavy (non-hydrogen) atoms. The second-order valence-corrected chi connectivity index (χ2v) is 11.9. The van der Waals surface area contributed by atoms with Gasteiger partial charge in [-0.3, -0.25) is 9.78 Å². The molecular formula is C36H35F2N7O10. The maximum Gasteiger partial charge on any atom is 0.335 e. The number of carbonyl (C=O) groups is 3. The number of carboxylic acid groups (broad SMARTS) is 2. The number of pyridine rings is 1. The number of anilines is 2. The van der Waals surface area contributed by atoms with Gasteiger partial charge in [-0.2, -0.15) is 0 Å². The Kier molecular flexibility index (Phi) is 12.5. The average Bonchev–Trinajstić information content (AvgIpc) is 3.64. The molecule has 1 aliphatic rings. The van der Waals surface area contributed by atoms with Gasteiger partial charge in [0.25, 0.3) is 0 Å². The van der Waals surface area contributed by atoms with Crippen LogP contribution in [0.25, 0.3) is 16.6 Å². The summed E-state index contributed by atoms with van der Waals surface area (Å²) in [5, 5.41) is 40.4. The molecule has 0 aliphatic carbocycles. The van der Waals surface area contributed by atoms with Gasteiger partial charge in [-0.05, 0) is 31.2 Å². The van der Waals surface area contributed by atoms with Crippen molar-refractivity contribution in [1.29, 1.82) is 0 Å². The highest BCUT2D eigenvalue weighted by atomic mass is 19.1. The van der Waals surface area contributed by atoms with Crippen molar-refractivity contribution in [2.45, 2.75) is 38.1 Å². The first-order valence-corrected chi connectivity index (χ1v) is 16.4. The Morgan fingerprint density at radius 3 is 2.29 bits per heavy atom. The molecular weight excluding hydrogens is 728 g/mol. The lowest BCUT2D eigenvalue weighted by Gasteiger charge is -2.31. The quantitative estimate of drug-likeness (QED) is 0.114. The number of carboxylic acids is 2. The number of aliphatic hydroxyl groups excluding tert-OH is 2. The number of methoxy groups -OCH3 is 1. The molecule has 19 heteroatoms. The smallest absolute Gasteiger partial charge is 0.335 e. The first-order valence-electron chi connectivity index (χ1n) is 16.4. The number of halogens is 2. The van der Waals surface area contributed by atoms with Gasteiger partial charge in [-0.25, -0.2) is 33.0 Å². The molecule has 0 radical (unpaired) electrons. The molecule has 3 aromatic heterocycles. The number of carbonyl (C=O) groups excluding carboxylic acids is 1. The zero-order valence-electron chi connectivity index (χ0n) is 29.3. The first kappa shape index (κ1) is 39.5. The summed E-state index contributed by atoms with van der Waals surface area (Å²) in [4.78, 5) is 45.9. The fraction of sp³-hybridized carbons (Fsp3) is 0.250. The molecule has 2 aromatic carbocycles. The summed E-state index contributed by atoms with van der Waals surface area (Å²) in [6.45, 7) is 6.25. The van der Waals surface area contributed by atoms with E-state index in [1.807, 2.05) is 0 Å². The molecule has 2 atom stereocenters. The largest absolute Gasteiger partial charge is 0.493 e. The Bertz CT molecular complexity index is 2190. The minimum Gasteiger partial charge on any atom is -0.493 e. The van der Waals surface area contributed by atoms with E-state index in [4.69, 9.17) is 34.6 Å². The summed E-state index contributed by atoms with van der Waals surface area (Å²) in [5.41, 5.74) is 1.44. The van der Waals surface area contributed by atoms with Gasteiger partial charge in [0.1, 0.15) is 35.6 Å². The second kappa shape index (κ2) is 17.4. The third kappa shape index (κ3) is 9.64. The molecule has 0 bridgehead atoms. The predicted molar refractivity (Wildman–Crippen MR) is 190 cm³/mol. The van der Waals surface area contributed by atoms with Gasteiger partial charge in [-0.15, -0.1) is 5.10 Å². The molecule has 5 aromatic rings. The average molecular weight is 764 g/mol. The van der Waals surface area contributed by atoms with Crippen molar-refractivity contribution in [1.82, 2.24) is 29.6 Å². The van der Waals surface area contributed by atoms with Gasteiger partial charge >= 0.3 is 11.9 Å². The third-order valence-electron chi connectivity index (χ3n) is 8.20. The Morgan fingerprint density at radius 1 is 0.964 bits per heavy atom. The number of nitrogens with one attached hydrogen (secondary N) is 1. The van der Waals surface area contributed by atoms with Crippen LogP contribution < -0.4 is 19.5 Å². The molecule has 1 amide bonds. The number of aliphatic hydroxyl groups is 2. The van der Waals surface area contributed by atoms with Crippen molar-refractivity contribution in [3.05, 3.63) is 91.2 Å². The molecule has 0 saturated carbocycles. The van der Waals surface area contributed by atoms with Crippen molar-refractivity contribution in [2.24, 2.45) is 0 Å². The van der Waals surface area contributed by atoms with Crippen molar-refractivity contribution >= 4 is 40.3 Å². The number of likely N-dealkylation sites (tertiary alicyclic amines) is 1. The number of aryl methyl sites for hydroxylation is 1. The number of rotatable bonds is 12. The molecule has 4 heterocycles. The van der Waals surface area contributed by atoms with E-state index in [9.17, 15) is 18.8 Å². The highest BCUT2D eigenvalue weighted by Gasteiger charge is 2.29. The number of aliphatic carboxylic acids is 2. The Balaban J connectivity index is 0.000000511. The minimum atomic E-state index is -2.27. The lowest BCUT2D eigenvalue weighted by atomic mass is 10.1. The summed E-state index contributed by atoms with van der Waals surface area (Å²) in [6.07, 6.45) is 2.42. The monoisotopic (exact) mass is 763 g/mol. The highest BCUT2D eigenvalue weighted by molar-refractivity contribution is 5.93. The van der Waals surface area contributed by atoms with Gasteiger partial charge in [-0.1, -0.05) is 6.58 Å². The predicted octanol–water partition coefficient (Wildman–Crippen LogP) is 3.77. The zero-order chi connectivity index (χ0) is 39.8. The van der Waals surface area contributed by atoms with Gasteiger partial charge in [0.2, 0.25) is 11.8 Å². The summed E-state index contributed by atoms with van der Waals surface area (Å²) in [7, 11) is 1.54. The van der Waals surface area contributed by atoms with Crippen molar-refractivity contribution in [3.63, 3.8) is 0 Å². The molecule has 5 N–H and O–H groups in total. The minimum absolute atomic E-state index is 0.0964. The van der Waals surface area contributed by atoms with Crippen molar-refractivity contribution < 1.29 is 57.8 Å². The molecule has 0 spiro atoms. The van der Waals surface area contributed by atoms with Crippen molar-refractivity contribution in [3.8, 4) is 28.8 Å². The molecule has 288 valence electrons. The molecule has 17 nitrogen and oxygen atoms in total. The van der Waals surface area contributed by atoms with Gasteiger partial charge in [0.05, 0.1) is 35.9 Å². The Labute approximate surface area is 311 Å². The van der Waals surface area contributed by atoms with Crippen LogP contribution in [0.4, 0.5) is 20.3 Å². The third-order valence-corrected chi connectivity index (χ3v) is 8.20. The summed E-state index contributed by atoms with van der Waals surface area (Å²) < 4.78 is 48.2. The van der Waals surface area contributed by atoms with Crippen LogP contribution in [0.5, 0.6) is 23.1 Å². The van der Waals surface area contributed by atoms with E-state index >= 15 is 4.39 Å². The first-order chi connectivity index (χ1) is 26.3. The number of nitrogens with zero attached hydrogens (tertiary/aromatic N) is 6. The molecule has 6 rings (SSSR count). The van der Waals surface area contributed by atoms with Crippen molar-refractivity contribution in [2.75, 3.05) is 25.5 Å². The molecule has 2 unspecified atom stereocenters. The fourth-order valence-corrected chi connectivity index (χ4v) is 5.22. The van der Waals surface area contributed by atoms with Gasteiger partial charge in [0.15, 0.2) is 23.7 Å². The van der Waals surface area contributed by atoms with Crippen LogP contribution >= 0.6 is 0 Å². The van der Waals surface area contributed by atoms with Crippen LogP contribution in [0.15, 0.2) is 73.8 Å². The van der Waals surface area contributed by atoms with E-state index in [0.29, 0.717) is 59.8 Å². The number of hydrogen-bond acceptors (Lipinski definition) is 13. The van der Waals surface area contributed by atoms with E-state index in [1.54, 1.807) is 49.4 Å². The number of benzene rings is 2. The number of fused-ring (bicyclic) bond motifs is 1. The zero-order valence-corrected chi connectivity index (χ0v) is 29.3. The number of amides is 1. The van der Waals surface area contributed by atoms with E-state index < -0.39 is 35.8 Å². The number of piperidine rings is 1. The SMILES string of the molecule is C=CC(=O)N1CCC(Oc2cc3c(Nc4ccc(Oc5ccn(-c6cnc(C)c(F)c6)n5)cc4F)ncnc3cc2OC)CC1.O=C(O)C(O)C(O)C(=O)O. The molecule has 1 fully saturated rings. The van der Waals surface area contributed by atoms with E-state index in [2.05, 4.69) is 31.9 Å². The van der Waals surface area contributed by atoms with Crippen LogP contribution in [-0.4, -0.2) is 106 Å². The molecule has 1 saturated heterocycles. The Hall–Kier alpha value is -6.73. The standard InChI is InChI=1S/C32H29F2N7O4.C4H6O6/c1-4-31(42)40-10-7-21(8-11-40)44-29-15-23-27(16-28(29)43-3)36-18-37-32(23)38-26-6-5-22(14-25(26)34)45-30-9-12-41(39-30)20-13-24(33)19(2)35-17-20;5-1(3(7)8)2(6)4(9)10/h4-6,9,12-18,21H,1,7-8,10-11H2,2-3H3,(H,36,37,38);1-2,5-6H,(H,7,8)(H,9,10). The second-order valence-electron chi connectivity index (χ2n) is 11.9. The summed E-state index contributed by atoms with van der Waals surface area (Å²) >= 11 is 0. The van der Waals surface area contributed by atoms with Crippen LogP contribution in [0.3, 0.4) is 0 Å². The lowest BCUT2D eigenvalue weighted by molar-refractivity contribution is -0.165. The Morgan fingerprint density at radius 2 is 1.67 bits per heavy atom. The number of ether oxygens (including phenoxy) is 3. The maximum atomic E-state index is 15.3. The topological polar surface area (TPSA) is 232 Å². The maximum absolute atomic E-state index is 15.3. The fourth-order valence-electron chi connectivity index (χ4n) is 5.22.